The zero-order valence-corrected chi connectivity index (χ0v) is 8.55. The van der Waals surface area contributed by atoms with Gasteiger partial charge in [-0.2, -0.15) is 0 Å². The van der Waals surface area contributed by atoms with Gasteiger partial charge in [0.05, 0.1) is 0 Å². The fourth-order valence-corrected chi connectivity index (χ4v) is 3.65. The highest BCUT2D eigenvalue weighted by Crippen LogP contribution is 2.45. The van der Waals surface area contributed by atoms with Crippen molar-refractivity contribution < 1.29 is 0 Å². The lowest BCUT2D eigenvalue weighted by Gasteiger charge is -2.22. The van der Waals surface area contributed by atoms with Crippen LogP contribution in [0.15, 0.2) is 0 Å². The van der Waals surface area contributed by atoms with Crippen LogP contribution in [0.2, 0.25) is 0 Å². The van der Waals surface area contributed by atoms with Gasteiger partial charge in [-0.1, -0.05) is 39.5 Å². The maximum absolute atomic E-state index is 2.48. The Labute approximate surface area is 76.7 Å². The summed E-state index contributed by atoms with van der Waals surface area (Å²) in [5.74, 6) is 4.26. The van der Waals surface area contributed by atoms with Gasteiger partial charge in [0.1, 0.15) is 0 Å². The predicted molar refractivity (Wildman–Crippen MR) is 53.0 cm³/mol. The van der Waals surface area contributed by atoms with Crippen LogP contribution in [-0.4, -0.2) is 0 Å². The molecule has 0 bridgehead atoms. The van der Waals surface area contributed by atoms with E-state index in [-0.39, 0.29) is 0 Å². The van der Waals surface area contributed by atoms with E-state index in [0.717, 1.165) is 23.7 Å². The van der Waals surface area contributed by atoms with Gasteiger partial charge in [0.15, 0.2) is 0 Å². The third kappa shape index (κ3) is 1.53. The Bertz CT molecular complexity index is 144. The van der Waals surface area contributed by atoms with E-state index in [2.05, 4.69) is 13.8 Å². The molecule has 3 atom stereocenters. The maximum atomic E-state index is 2.48. The molecule has 0 aliphatic heterocycles. The van der Waals surface area contributed by atoms with Crippen molar-refractivity contribution >= 4 is 0 Å². The quantitative estimate of drug-likeness (QED) is 0.555. The van der Waals surface area contributed by atoms with Gasteiger partial charge in [-0.3, -0.25) is 0 Å². The summed E-state index contributed by atoms with van der Waals surface area (Å²) in [4.78, 5) is 0. The van der Waals surface area contributed by atoms with E-state index in [9.17, 15) is 0 Å². The molecule has 0 saturated heterocycles. The van der Waals surface area contributed by atoms with Crippen LogP contribution in [0.4, 0.5) is 0 Å². The van der Waals surface area contributed by atoms with Gasteiger partial charge >= 0.3 is 0 Å². The second kappa shape index (κ2) is 3.40. The van der Waals surface area contributed by atoms with Crippen LogP contribution in [0, 0.1) is 23.7 Å². The van der Waals surface area contributed by atoms with E-state index < -0.39 is 0 Å². The van der Waals surface area contributed by atoms with Crippen molar-refractivity contribution in [2.75, 3.05) is 0 Å². The Morgan fingerprint density at radius 3 is 2.08 bits per heavy atom. The second-order valence-corrected chi connectivity index (χ2v) is 5.26. The van der Waals surface area contributed by atoms with Crippen LogP contribution in [0.5, 0.6) is 0 Å². The van der Waals surface area contributed by atoms with Gasteiger partial charge < -0.3 is 0 Å². The molecular formula is C12H22. The van der Waals surface area contributed by atoms with E-state index in [1.165, 1.54) is 25.7 Å². The van der Waals surface area contributed by atoms with Crippen LogP contribution in [0.25, 0.3) is 0 Å². The largest absolute Gasteiger partial charge is 0.0625 e. The monoisotopic (exact) mass is 166 g/mol. The van der Waals surface area contributed by atoms with Gasteiger partial charge in [0, 0.05) is 0 Å². The first-order valence-electron chi connectivity index (χ1n) is 5.77. The molecule has 0 heterocycles. The molecule has 12 heavy (non-hydrogen) atoms. The zero-order chi connectivity index (χ0) is 8.55. The first-order chi connectivity index (χ1) is 5.77. The Kier molecular flexibility index (Phi) is 2.43. The second-order valence-electron chi connectivity index (χ2n) is 5.26. The molecule has 0 aromatic heterocycles. The smallest absolute Gasteiger partial charge is 0.0357 e. The summed E-state index contributed by atoms with van der Waals surface area (Å²) in [5, 5.41) is 0. The molecule has 2 aliphatic carbocycles. The lowest BCUT2D eigenvalue weighted by atomic mass is 9.84. The molecule has 0 aromatic carbocycles. The van der Waals surface area contributed by atoms with Gasteiger partial charge in [-0.15, -0.1) is 0 Å². The van der Waals surface area contributed by atoms with Crippen molar-refractivity contribution in [3.8, 4) is 0 Å². The van der Waals surface area contributed by atoms with Crippen LogP contribution < -0.4 is 0 Å². The summed E-state index contributed by atoms with van der Waals surface area (Å²) < 4.78 is 0. The first kappa shape index (κ1) is 8.59. The summed E-state index contributed by atoms with van der Waals surface area (Å²) in [6, 6.07) is 0. The zero-order valence-electron chi connectivity index (χ0n) is 8.55. The van der Waals surface area contributed by atoms with E-state index in [4.69, 9.17) is 0 Å². The highest BCUT2D eigenvalue weighted by molar-refractivity contribution is 4.85. The highest BCUT2D eigenvalue weighted by atomic mass is 14.4. The van der Waals surface area contributed by atoms with E-state index in [1.54, 1.807) is 12.8 Å². The van der Waals surface area contributed by atoms with E-state index >= 15 is 0 Å². The lowest BCUT2D eigenvalue weighted by Crippen LogP contribution is -2.13. The van der Waals surface area contributed by atoms with Crippen molar-refractivity contribution in [1.29, 1.82) is 0 Å². The van der Waals surface area contributed by atoms with E-state index in [1.807, 2.05) is 0 Å². The molecule has 2 rings (SSSR count). The Morgan fingerprint density at radius 1 is 0.917 bits per heavy atom. The van der Waals surface area contributed by atoms with Crippen LogP contribution >= 0.6 is 0 Å². The van der Waals surface area contributed by atoms with Gasteiger partial charge in [-0.05, 0) is 36.5 Å². The minimum atomic E-state index is 1.02. The highest BCUT2D eigenvalue weighted by Gasteiger charge is 2.35. The van der Waals surface area contributed by atoms with Crippen molar-refractivity contribution in [3.05, 3.63) is 0 Å². The molecule has 0 aromatic rings. The average Bonchev–Trinajstić information content (AvgIpc) is 2.58. The third-order valence-corrected chi connectivity index (χ3v) is 4.18. The summed E-state index contributed by atoms with van der Waals surface area (Å²) >= 11 is 0. The Morgan fingerprint density at radius 2 is 1.58 bits per heavy atom. The molecule has 0 amide bonds. The van der Waals surface area contributed by atoms with Crippen molar-refractivity contribution in [1.82, 2.24) is 0 Å². The number of hydrogen-bond acceptors (Lipinski definition) is 0. The average molecular weight is 166 g/mol. The normalized spacial score (nSPS) is 44.0. The van der Waals surface area contributed by atoms with Gasteiger partial charge in [-0.25, -0.2) is 0 Å². The Balaban J connectivity index is 1.94. The van der Waals surface area contributed by atoms with Crippen LogP contribution in [0.3, 0.4) is 0 Å². The number of hydrogen-bond donors (Lipinski definition) is 0. The molecule has 0 unspecified atom stereocenters. The molecule has 2 fully saturated rings. The summed E-state index contributed by atoms with van der Waals surface area (Å²) in [7, 11) is 0. The number of rotatable bonds is 1. The van der Waals surface area contributed by atoms with E-state index in [0.29, 0.717) is 0 Å². The van der Waals surface area contributed by atoms with Crippen LogP contribution in [0.1, 0.15) is 52.4 Å². The molecule has 0 spiro atoms. The first-order valence-corrected chi connectivity index (χ1v) is 5.77. The fraction of sp³-hybridized carbons (Fsp3) is 1.00. The van der Waals surface area contributed by atoms with Gasteiger partial charge in [0.2, 0.25) is 0 Å². The topological polar surface area (TPSA) is 0 Å². The van der Waals surface area contributed by atoms with Gasteiger partial charge in [0.25, 0.3) is 0 Å². The third-order valence-electron chi connectivity index (χ3n) is 4.18. The molecule has 0 N–H and O–H groups in total. The maximum Gasteiger partial charge on any atom is -0.0357 e. The van der Waals surface area contributed by atoms with Crippen molar-refractivity contribution in [2.24, 2.45) is 23.7 Å². The molecule has 2 aliphatic rings. The molecule has 0 nitrogen and oxygen atoms in total. The summed E-state index contributed by atoms with van der Waals surface area (Å²) in [6.45, 7) is 4.91. The van der Waals surface area contributed by atoms with Crippen molar-refractivity contribution in [2.45, 2.75) is 52.4 Å². The van der Waals surface area contributed by atoms with Crippen molar-refractivity contribution in [3.63, 3.8) is 0 Å². The molecule has 0 heteroatoms. The molecule has 2 saturated carbocycles. The minimum absolute atomic E-state index is 1.02. The summed E-state index contributed by atoms with van der Waals surface area (Å²) in [5.41, 5.74) is 0. The predicted octanol–water partition coefficient (Wildman–Crippen LogP) is 3.86. The minimum Gasteiger partial charge on any atom is -0.0625 e. The standard InChI is InChI=1S/C12H22/c1-9-7-10(2)12(8-9)11-5-3-4-6-11/h9-12H,3-8H2,1-2H3/t9-,10+,12+/m0/s1. The Hall–Kier alpha value is 0. The molecule has 0 radical (unpaired) electrons. The SMILES string of the molecule is C[C@H]1C[C@@H](C)[C@H](C2CCCC2)C1. The lowest BCUT2D eigenvalue weighted by molar-refractivity contribution is 0.278. The van der Waals surface area contributed by atoms with Crippen LogP contribution in [-0.2, 0) is 0 Å². The molecular weight excluding hydrogens is 144 g/mol. The molecule has 70 valence electrons. The fourth-order valence-electron chi connectivity index (χ4n) is 3.65. The summed E-state index contributed by atoms with van der Waals surface area (Å²) in [6.07, 6.45) is 9.15.